The van der Waals surface area contributed by atoms with Gasteiger partial charge in [0.05, 0.1) is 22.7 Å². The minimum absolute atomic E-state index is 0.00275. The molecule has 0 bridgehead atoms. The van der Waals surface area contributed by atoms with E-state index in [2.05, 4.69) is 15.7 Å². The summed E-state index contributed by atoms with van der Waals surface area (Å²) < 4.78 is 78.7. The first kappa shape index (κ1) is 27.1. The molecule has 1 heterocycles. The van der Waals surface area contributed by atoms with Gasteiger partial charge in [-0.25, -0.2) is 0 Å². The smallest absolute Gasteiger partial charge is 0.352 e. The van der Waals surface area contributed by atoms with Crippen LogP contribution >= 0.6 is 11.6 Å². The van der Waals surface area contributed by atoms with Gasteiger partial charge in [-0.05, 0) is 43.2 Å². The summed E-state index contributed by atoms with van der Waals surface area (Å²) >= 11 is 6.11. The zero-order valence-electron chi connectivity index (χ0n) is 18.8. The summed E-state index contributed by atoms with van der Waals surface area (Å²) in [7, 11) is 0. The summed E-state index contributed by atoms with van der Waals surface area (Å²) in [5, 5.41) is 8.33. The average molecular weight is 533 g/mol. The quantitative estimate of drug-likeness (QED) is 0.386. The molecule has 3 rings (SSSR count). The second kappa shape index (κ2) is 10.2. The standard InChI is InChI=1S/C23H19ClF6N4O2/c1-3-31-21(36)19-14(5-4-6-15(19)24)20(35)32-16-8-7-13(9-12(16)2)11-34-18(23(28,29)30)10-17(33-34)22(25,26)27/h4-10H,3,11H2,1-2H3,(H,31,36)(H,32,35). The van der Waals surface area contributed by atoms with Crippen molar-refractivity contribution in [2.45, 2.75) is 32.7 Å². The topological polar surface area (TPSA) is 76.0 Å². The summed E-state index contributed by atoms with van der Waals surface area (Å²) in [5.41, 5.74) is -2.30. The molecule has 2 aromatic carbocycles. The molecule has 0 saturated carbocycles. The van der Waals surface area contributed by atoms with Gasteiger partial charge in [0.15, 0.2) is 5.69 Å². The van der Waals surface area contributed by atoms with Gasteiger partial charge in [-0.15, -0.1) is 0 Å². The molecule has 13 heteroatoms. The molecule has 0 atom stereocenters. The van der Waals surface area contributed by atoms with E-state index in [1.165, 1.54) is 36.4 Å². The summed E-state index contributed by atoms with van der Waals surface area (Å²) in [4.78, 5) is 25.2. The van der Waals surface area contributed by atoms with Crippen molar-refractivity contribution in [2.75, 3.05) is 11.9 Å². The second-order valence-corrected chi connectivity index (χ2v) is 8.10. The summed E-state index contributed by atoms with van der Waals surface area (Å²) in [6, 6.07) is 8.46. The Morgan fingerprint density at radius 3 is 2.28 bits per heavy atom. The van der Waals surface area contributed by atoms with E-state index in [1.54, 1.807) is 13.8 Å². The fourth-order valence-electron chi connectivity index (χ4n) is 3.42. The number of carbonyl (C=O) groups is 2. The van der Waals surface area contributed by atoms with Gasteiger partial charge in [-0.2, -0.15) is 31.4 Å². The number of hydrogen-bond donors (Lipinski definition) is 2. The normalized spacial score (nSPS) is 11.9. The lowest BCUT2D eigenvalue weighted by atomic mass is 10.0. The van der Waals surface area contributed by atoms with E-state index in [1.807, 2.05) is 0 Å². The van der Waals surface area contributed by atoms with E-state index in [-0.39, 0.29) is 38.1 Å². The number of rotatable bonds is 6. The molecule has 36 heavy (non-hydrogen) atoms. The van der Waals surface area contributed by atoms with Crippen LogP contribution in [0.5, 0.6) is 0 Å². The first-order chi connectivity index (χ1) is 16.7. The number of anilines is 1. The molecule has 0 saturated heterocycles. The fraction of sp³-hybridized carbons (Fsp3) is 0.261. The molecule has 3 aromatic rings. The van der Waals surface area contributed by atoms with E-state index >= 15 is 0 Å². The maximum absolute atomic E-state index is 13.3. The van der Waals surface area contributed by atoms with Gasteiger partial charge in [0.1, 0.15) is 5.69 Å². The van der Waals surface area contributed by atoms with Crippen molar-refractivity contribution in [3.63, 3.8) is 0 Å². The van der Waals surface area contributed by atoms with Crippen LogP contribution in [-0.2, 0) is 18.9 Å². The van der Waals surface area contributed by atoms with Gasteiger partial charge in [0.2, 0.25) is 0 Å². The van der Waals surface area contributed by atoms with Gasteiger partial charge in [0.25, 0.3) is 11.8 Å². The van der Waals surface area contributed by atoms with Crippen LogP contribution in [0.25, 0.3) is 0 Å². The summed E-state index contributed by atoms with van der Waals surface area (Å²) in [6.45, 7) is 2.97. The number of amides is 2. The average Bonchev–Trinajstić information content (AvgIpc) is 3.20. The molecule has 0 spiro atoms. The van der Waals surface area contributed by atoms with Gasteiger partial charge < -0.3 is 10.6 Å². The lowest BCUT2D eigenvalue weighted by Gasteiger charge is -2.14. The Labute approximate surface area is 206 Å². The number of aromatic nitrogens is 2. The highest BCUT2D eigenvalue weighted by molar-refractivity contribution is 6.35. The Hall–Kier alpha value is -3.54. The van der Waals surface area contributed by atoms with Crippen LogP contribution in [0.4, 0.5) is 32.0 Å². The van der Waals surface area contributed by atoms with Crippen molar-refractivity contribution < 1.29 is 35.9 Å². The highest BCUT2D eigenvalue weighted by atomic mass is 35.5. The molecule has 0 unspecified atom stereocenters. The highest BCUT2D eigenvalue weighted by Gasteiger charge is 2.41. The predicted molar refractivity (Wildman–Crippen MR) is 120 cm³/mol. The van der Waals surface area contributed by atoms with Gasteiger partial charge in [-0.3, -0.25) is 14.3 Å². The zero-order chi connectivity index (χ0) is 26.8. The Morgan fingerprint density at radius 1 is 1.00 bits per heavy atom. The molecule has 0 aliphatic carbocycles. The molecular weight excluding hydrogens is 514 g/mol. The molecule has 2 N–H and O–H groups in total. The molecule has 1 aromatic heterocycles. The number of alkyl halides is 6. The van der Waals surface area contributed by atoms with Crippen LogP contribution in [-0.4, -0.2) is 28.1 Å². The number of nitrogens with zero attached hydrogens (tertiary/aromatic N) is 2. The van der Waals surface area contributed by atoms with Gasteiger partial charge in [-0.1, -0.05) is 29.8 Å². The highest BCUT2D eigenvalue weighted by Crippen LogP contribution is 2.35. The second-order valence-electron chi connectivity index (χ2n) is 7.69. The molecule has 0 aliphatic rings. The molecule has 6 nitrogen and oxygen atoms in total. The fourth-order valence-corrected chi connectivity index (χ4v) is 3.68. The third kappa shape index (κ3) is 5.99. The summed E-state index contributed by atoms with van der Waals surface area (Å²) in [5.74, 6) is -1.20. The Morgan fingerprint density at radius 2 is 1.69 bits per heavy atom. The molecular formula is C23H19ClF6N4O2. The Kier molecular flexibility index (Phi) is 7.68. The minimum atomic E-state index is -5.04. The van der Waals surface area contributed by atoms with Crippen molar-refractivity contribution in [3.05, 3.63) is 81.1 Å². The van der Waals surface area contributed by atoms with Crippen molar-refractivity contribution in [3.8, 4) is 0 Å². The van der Waals surface area contributed by atoms with Crippen LogP contribution in [0.2, 0.25) is 5.02 Å². The van der Waals surface area contributed by atoms with Crippen molar-refractivity contribution >= 4 is 29.1 Å². The summed E-state index contributed by atoms with van der Waals surface area (Å²) in [6.07, 6.45) is -10.1. The first-order valence-electron chi connectivity index (χ1n) is 10.4. The lowest BCUT2D eigenvalue weighted by molar-refractivity contribution is -0.144. The number of nitrogens with one attached hydrogen (secondary N) is 2. The molecule has 0 radical (unpaired) electrons. The zero-order valence-corrected chi connectivity index (χ0v) is 19.6. The third-order valence-electron chi connectivity index (χ3n) is 5.05. The number of carbonyl (C=O) groups excluding carboxylic acids is 2. The van der Waals surface area contributed by atoms with E-state index in [0.29, 0.717) is 12.1 Å². The van der Waals surface area contributed by atoms with E-state index in [0.717, 1.165) is 0 Å². The predicted octanol–water partition coefficient (Wildman–Crippen LogP) is 5.93. The lowest BCUT2D eigenvalue weighted by Crippen LogP contribution is -2.26. The van der Waals surface area contributed by atoms with Crippen LogP contribution in [0.1, 0.15) is 50.2 Å². The number of hydrogen-bond acceptors (Lipinski definition) is 3. The number of halogens is 7. The van der Waals surface area contributed by atoms with Crippen molar-refractivity contribution in [2.24, 2.45) is 0 Å². The molecule has 2 amide bonds. The first-order valence-corrected chi connectivity index (χ1v) is 10.8. The van der Waals surface area contributed by atoms with Crippen LogP contribution in [0.3, 0.4) is 0 Å². The third-order valence-corrected chi connectivity index (χ3v) is 5.37. The van der Waals surface area contributed by atoms with Gasteiger partial charge >= 0.3 is 12.4 Å². The Balaban J connectivity index is 1.87. The van der Waals surface area contributed by atoms with Crippen molar-refractivity contribution in [1.29, 1.82) is 0 Å². The van der Waals surface area contributed by atoms with E-state index < -0.39 is 42.1 Å². The number of benzene rings is 2. The van der Waals surface area contributed by atoms with Crippen LogP contribution in [0, 0.1) is 6.92 Å². The van der Waals surface area contributed by atoms with E-state index in [4.69, 9.17) is 11.6 Å². The molecule has 0 fully saturated rings. The monoisotopic (exact) mass is 532 g/mol. The van der Waals surface area contributed by atoms with E-state index in [9.17, 15) is 35.9 Å². The SMILES string of the molecule is CCNC(=O)c1c(Cl)cccc1C(=O)Nc1ccc(Cn2nc(C(F)(F)F)cc2C(F)(F)F)cc1C. The molecule has 192 valence electrons. The van der Waals surface area contributed by atoms with Crippen LogP contribution < -0.4 is 10.6 Å². The number of aryl methyl sites for hydroxylation is 1. The van der Waals surface area contributed by atoms with Crippen LogP contribution in [0.15, 0.2) is 42.5 Å². The molecule has 0 aliphatic heterocycles. The maximum atomic E-state index is 13.3. The Bertz CT molecular complexity index is 1300. The maximum Gasteiger partial charge on any atom is 0.435 e. The largest absolute Gasteiger partial charge is 0.435 e. The van der Waals surface area contributed by atoms with Crippen molar-refractivity contribution in [1.82, 2.24) is 15.1 Å². The minimum Gasteiger partial charge on any atom is -0.352 e. The van der Waals surface area contributed by atoms with Gasteiger partial charge in [0, 0.05) is 18.3 Å².